The molecule has 2 aromatic carbocycles. The van der Waals surface area contributed by atoms with Gasteiger partial charge in [0.15, 0.2) is 0 Å². The number of carboxylic acids is 1. The van der Waals surface area contributed by atoms with Crippen molar-refractivity contribution in [2.45, 2.75) is 13.0 Å². The number of hydrogen-bond donors (Lipinski definition) is 2. The number of carboxylic acid groups (broad SMARTS) is 1. The van der Waals surface area contributed by atoms with E-state index in [-0.39, 0.29) is 5.91 Å². The van der Waals surface area contributed by atoms with Crippen molar-refractivity contribution >= 4 is 22.6 Å². The summed E-state index contributed by atoms with van der Waals surface area (Å²) in [5.41, 5.74) is 0.460. The molecule has 2 rings (SSSR count). The summed E-state index contributed by atoms with van der Waals surface area (Å²) in [4.78, 5) is 22.5. The van der Waals surface area contributed by atoms with E-state index in [0.29, 0.717) is 5.56 Å². The van der Waals surface area contributed by atoms with Crippen LogP contribution in [0.25, 0.3) is 10.8 Å². The number of nitrogens with one attached hydrogen (secondary N) is 1. The minimum Gasteiger partial charge on any atom is -0.480 e. The van der Waals surface area contributed by atoms with Gasteiger partial charge in [-0.05, 0) is 29.8 Å². The minimum absolute atomic E-state index is 0.379. The maximum Gasteiger partial charge on any atom is 0.325 e. The fraction of sp³-hybridized carbons (Fsp3) is 0.143. The molecule has 1 unspecified atom stereocenters. The first-order chi connectivity index (χ1) is 8.58. The Morgan fingerprint density at radius 2 is 1.78 bits per heavy atom. The van der Waals surface area contributed by atoms with Crippen LogP contribution < -0.4 is 5.32 Å². The van der Waals surface area contributed by atoms with Crippen LogP contribution in [-0.4, -0.2) is 23.0 Å². The first-order valence-electron chi connectivity index (χ1n) is 5.60. The van der Waals surface area contributed by atoms with Crippen molar-refractivity contribution in [2.75, 3.05) is 0 Å². The first-order valence-corrected chi connectivity index (χ1v) is 5.60. The summed E-state index contributed by atoms with van der Waals surface area (Å²) in [6.07, 6.45) is 0. The molecule has 0 bridgehead atoms. The maximum atomic E-state index is 11.8. The van der Waals surface area contributed by atoms with Crippen LogP contribution in [0.3, 0.4) is 0 Å². The Morgan fingerprint density at radius 1 is 1.11 bits per heavy atom. The van der Waals surface area contributed by atoms with E-state index in [0.717, 1.165) is 10.8 Å². The van der Waals surface area contributed by atoms with Gasteiger partial charge in [-0.2, -0.15) is 0 Å². The molecule has 4 heteroatoms. The second-order valence-corrected chi connectivity index (χ2v) is 4.10. The largest absolute Gasteiger partial charge is 0.480 e. The monoisotopic (exact) mass is 243 g/mol. The van der Waals surface area contributed by atoms with Gasteiger partial charge in [0.05, 0.1) is 0 Å². The second kappa shape index (κ2) is 4.87. The number of hydrogen-bond acceptors (Lipinski definition) is 2. The summed E-state index contributed by atoms with van der Waals surface area (Å²) < 4.78 is 0. The molecule has 1 amide bonds. The summed E-state index contributed by atoms with van der Waals surface area (Å²) in [6, 6.07) is 12.1. The lowest BCUT2D eigenvalue weighted by Gasteiger charge is -2.09. The lowest BCUT2D eigenvalue weighted by atomic mass is 10.1. The third-order valence-electron chi connectivity index (χ3n) is 2.73. The van der Waals surface area contributed by atoms with Crippen molar-refractivity contribution in [3.63, 3.8) is 0 Å². The molecule has 0 aliphatic heterocycles. The first kappa shape index (κ1) is 12.1. The van der Waals surface area contributed by atoms with Crippen molar-refractivity contribution in [2.24, 2.45) is 0 Å². The third kappa shape index (κ3) is 2.48. The van der Waals surface area contributed by atoms with E-state index >= 15 is 0 Å². The molecule has 0 aliphatic carbocycles. The molecule has 0 spiro atoms. The molecule has 92 valence electrons. The number of rotatable bonds is 3. The predicted octanol–water partition coefficient (Wildman–Crippen LogP) is 2.04. The Labute approximate surface area is 104 Å². The molecule has 0 saturated carbocycles. The van der Waals surface area contributed by atoms with Gasteiger partial charge < -0.3 is 10.4 Å². The van der Waals surface area contributed by atoms with Crippen LogP contribution in [0.2, 0.25) is 0 Å². The van der Waals surface area contributed by atoms with Crippen molar-refractivity contribution in [3.8, 4) is 0 Å². The van der Waals surface area contributed by atoms with Crippen LogP contribution in [0, 0.1) is 0 Å². The molecule has 0 heterocycles. The SMILES string of the molecule is CC(NC(=O)c1ccc2ccccc2c1)C(=O)O. The molecule has 2 aromatic rings. The smallest absolute Gasteiger partial charge is 0.325 e. The van der Waals surface area contributed by atoms with E-state index in [1.54, 1.807) is 12.1 Å². The molecule has 0 radical (unpaired) electrons. The van der Waals surface area contributed by atoms with Crippen LogP contribution in [-0.2, 0) is 4.79 Å². The average Bonchev–Trinajstić information content (AvgIpc) is 2.37. The fourth-order valence-electron chi connectivity index (χ4n) is 1.67. The molecular formula is C14H13NO3. The summed E-state index contributed by atoms with van der Waals surface area (Å²) in [6.45, 7) is 1.43. The zero-order chi connectivity index (χ0) is 13.1. The number of carbonyl (C=O) groups excluding carboxylic acids is 1. The molecular weight excluding hydrogens is 230 g/mol. The highest BCUT2D eigenvalue weighted by atomic mass is 16.4. The summed E-state index contributed by atoms with van der Waals surface area (Å²) in [5, 5.41) is 13.2. The second-order valence-electron chi connectivity index (χ2n) is 4.10. The van der Waals surface area contributed by atoms with E-state index in [4.69, 9.17) is 5.11 Å². The van der Waals surface area contributed by atoms with Gasteiger partial charge in [0.1, 0.15) is 6.04 Å². The van der Waals surface area contributed by atoms with Gasteiger partial charge in [-0.25, -0.2) is 0 Å². The van der Waals surface area contributed by atoms with Crippen molar-refractivity contribution in [3.05, 3.63) is 48.0 Å². The molecule has 0 aromatic heterocycles. The van der Waals surface area contributed by atoms with E-state index in [1.807, 2.05) is 30.3 Å². The molecule has 2 N–H and O–H groups in total. The number of carbonyl (C=O) groups is 2. The van der Waals surface area contributed by atoms with Gasteiger partial charge >= 0.3 is 5.97 Å². The topological polar surface area (TPSA) is 66.4 Å². The maximum absolute atomic E-state index is 11.8. The normalized spacial score (nSPS) is 12.1. The van der Waals surface area contributed by atoms with E-state index < -0.39 is 12.0 Å². The summed E-state index contributed by atoms with van der Waals surface area (Å²) in [7, 11) is 0. The fourth-order valence-corrected chi connectivity index (χ4v) is 1.67. The van der Waals surface area contributed by atoms with Crippen LogP contribution in [0.5, 0.6) is 0 Å². The van der Waals surface area contributed by atoms with Gasteiger partial charge in [-0.15, -0.1) is 0 Å². The number of benzene rings is 2. The minimum atomic E-state index is -1.05. The van der Waals surface area contributed by atoms with Crippen LogP contribution in [0.1, 0.15) is 17.3 Å². The number of aliphatic carboxylic acids is 1. The van der Waals surface area contributed by atoms with Crippen LogP contribution in [0.4, 0.5) is 0 Å². The van der Waals surface area contributed by atoms with Crippen molar-refractivity contribution in [1.29, 1.82) is 0 Å². The number of amides is 1. The molecule has 0 saturated heterocycles. The van der Waals surface area contributed by atoms with Gasteiger partial charge in [0.2, 0.25) is 0 Å². The molecule has 4 nitrogen and oxygen atoms in total. The van der Waals surface area contributed by atoms with Gasteiger partial charge in [0.25, 0.3) is 5.91 Å². The van der Waals surface area contributed by atoms with Crippen LogP contribution >= 0.6 is 0 Å². The lowest BCUT2D eigenvalue weighted by molar-refractivity contribution is -0.138. The van der Waals surface area contributed by atoms with Crippen LogP contribution in [0.15, 0.2) is 42.5 Å². The quantitative estimate of drug-likeness (QED) is 0.867. The Balaban J connectivity index is 2.25. The molecule has 0 fully saturated rings. The molecule has 1 atom stereocenters. The Kier molecular flexibility index (Phi) is 3.28. The van der Waals surface area contributed by atoms with Gasteiger partial charge in [-0.1, -0.05) is 30.3 Å². The number of fused-ring (bicyclic) bond motifs is 1. The summed E-state index contributed by atoms with van der Waals surface area (Å²) >= 11 is 0. The predicted molar refractivity (Wildman–Crippen MR) is 68.5 cm³/mol. The molecule has 18 heavy (non-hydrogen) atoms. The zero-order valence-electron chi connectivity index (χ0n) is 9.88. The highest BCUT2D eigenvalue weighted by molar-refractivity contribution is 6.00. The highest BCUT2D eigenvalue weighted by Gasteiger charge is 2.15. The zero-order valence-corrected chi connectivity index (χ0v) is 9.88. The molecule has 0 aliphatic rings. The Hall–Kier alpha value is -2.36. The van der Waals surface area contributed by atoms with Gasteiger partial charge in [-0.3, -0.25) is 9.59 Å². The summed E-state index contributed by atoms with van der Waals surface area (Å²) in [5.74, 6) is -1.43. The Morgan fingerprint density at radius 3 is 2.44 bits per heavy atom. The highest BCUT2D eigenvalue weighted by Crippen LogP contribution is 2.15. The van der Waals surface area contributed by atoms with Gasteiger partial charge in [0, 0.05) is 5.56 Å². The van der Waals surface area contributed by atoms with Crippen molar-refractivity contribution < 1.29 is 14.7 Å². The van der Waals surface area contributed by atoms with E-state index in [9.17, 15) is 9.59 Å². The van der Waals surface area contributed by atoms with E-state index in [2.05, 4.69) is 5.32 Å². The lowest BCUT2D eigenvalue weighted by Crippen LogP contribution is -2.38. The van der Waals surface area contributed by atoms with E-state index in [1.165, 1.54) is 6.92 Å². The third-order valence-corrected chi connectivity index (χ3v) is 2.73. The Bertz CT molecular complexity index is 607. The standard InChI is InChI=1S/C14H13NO3/c1-9(14(17)18)15-13(16)12-7-6-10-4-2-3-5-11(10)8-12/h2-9H,1H3,(H,15,16)(H,17,18). The van der Waals surface area contributed by atoms with Crippen molar-refractivity contribution in [1.82, 2.24) is 5.32 Å². The average molecular weight is 243 g/mol.